The molecule has 736 valence electrons. The van der Waals surface area contributed by atoms with Gasteiger partial charge in [0.2, 0.25) is 23.5 Å². The summed E-state index contributed by atoms with van der Waals surface area (Å²) in [5.41, 5.74) is 0. The van der Waals surface area contributed by atoms with Gasteiger partial charge in [0, 0.05) is 33.1 Å². The number of allylic oxidation sites excluding steroid dienone is 1. The van der Waals surface area contributed by atoms with E-state index in [0.717, 1.165) is 90.9 Å². The molecule has 3 unspecified atom stereocenters. The van der Waals surface area contributed by atoms with Crippen LogP contribution in [-0.4, -0.2) is 317 Å². The van der Waals surface area contributed by atoms with Gasteiger partial charge in [-0.3, -0.25) is 19.2 Å². The molecular formula is C91H164N3NaO32. The van der Waals surface area contributed by atoms with E-state index in [1.807, 2.05) is 6.08 Å². The number of esters is 1. The number of carbonyl (C=O) groups excluding carboxylic acids is 5. The number of aliphatic hydroxyl groups is 15. The van der Waals surface area contributed by atoms with Crippen molar-refractivity contribution in [3.8, 4) is 0 Å². The molecule has 0 radical (unpaired) electrons. The van der Waals surface area contributed by atoms with Crippen molar-refractivity contribution in [2.75, 3.05) is 39.6 Å². The monoisotopic (exact) mass is 1830 g/mol. The molecule has 5 rings (SSSR count). The number of carboxylic acids is 1. The number of nitrogens with one attached hydrogen (secondary N) is 3. The Bertz CT molecular complexity index is 2930. The van der Waals surface area contributed by atoms with E-state index in [4.69, 9.17) is 52.1 Å². The van der Waals surface area contributed by atoms with Crippen molar-refractivity contribution in [3.63, 3.8) is 0 Å². The normalized spacial score (nSPS) is 30.9. The molecule has 5 heterocycles. The Kier molecular flexibility index (Phi) is 61.0. The van der Waals surface area contributed by atoms with Gasteiger partial charge in [-0.15, -0.1) is 0 Å². The second-order valence-electron chi connectivity index (χ2n) is 35.4. The van der Waals surface area contributed by atoms with Crippen LogP contribution in [0.4, 0.5) is 0 Å². The van der Waals surface area contributed by atoms with Crippen LogP contribution < -0.4 is 50.6 Å². The molecule has 0 aliphatic carbocycles. The van der Waals surface area contributed by atoms with Crippen LogP contribution in [0, 0.1) is 0 Å². The summed E-state index contributed by atoms with van der Waals surface area (Å²) in [4.78, 5) is 66.4. The van der Waals surface area contributed by atoms with Gasteiger partial charge in [-0.05, 0) is 31.8 Å². The second-order valence-corrected chi connectivity index (χ2v) is 35.4. The topological polar surface area (TPSA) is 549 Å². The average Bonchev–Trinajstić information content (AvgIpc) is 0.926. The van der Waals surface area contributed by atoms with E-state index in [1.165, 1.54) is 173 Å². The van der Waals surface area contributed by atoms with Crippen LogP contribution in [0.1, 0.15) is 324 Å². The number of carbonyl (C=O) groups is 5. The minimum Gasteiger partial charge on any atom is -0.544 e. The molecule has 0 aromatic rings. The molecule has 35 nitrogen and oxygen atoms in total. The molecule has 0 aromatic carbocycles. The molecular weight excluding hydrogens is 1670 g/mol. The quantitative estimate of drug-likeness (QED) is 0.0177. The third kappa shape index (κ3) is 40.9. The van der Waals surface area contributed by atoms with E-state index < -0.39 is 241 Å². The molecule has 5 aliphatic heterocycles. The van der Waals surface area contributed by atoms with Crippen LogP contribution in [0.2, 0.25) is 0 Å². The van der Waals surface area contributed by atoms with Crippen LogP contribution in [0.25, 0.3) is 0 Å². The summed E-state index contributed by atoms with van der Waals surface area (Å²) in [5, 5.41) is 189. The van der Waals surface area contributed by atoms with Crippen LogP contribution >= 0.6 is 0 Å². The summed E-state index contributed by atoms with van der Waals surface area (Å²) in [6.45, 7) is 2.84. The van der Waals surface area contributed by atoms with Gasteiger partial charge < -0.3 is 155 Å². The Labute approximate surface area is 775 Å². The molecule has 28 atom stereocenters. The fourth-order valence-corrected chi connectivity index (χ4v) is 17.3. The number of carboxylic acid groups (broad SMARTS) is 1. The predicted octanol–water partition coefficient (Wildman–Crippen LogP) is 1.44. The number of unbranched alkanes of at least 4 members (excludes halogenated alkanes) is 39. The summed E-state index contributed by atoms with van der Waals surface area (Å²) in [5.74, 6) is -8.13. The third-order valence-corrected chi connectivity index (χ3v) is 24.8. The first-order valence-corrected chi connectivity index (χ1v) is 48.0. The van der Waals surface area contributed by atoms with Gasteiger partial charge in [0.15, 0.2) is 25.2 Å². The smallest absolute Gasteiger partial charge is 0.544 e. The maximum Gasteiger partial charge on any atom is 1.00 e. The molecule has 5 fully saturated rings. The van der Waals surface area contributed by atoms with E-state index in [0.29, 0.717) is 19.3 Å². The number of hydrogen-bond acceptors (Lipinski definition) is 32. The Morgan fingerprint density at radius 3 is 1.24 bits per heavy atom. The Hall–Kier alpha value is -2.91. The van der Waals surface area contributed by atoms with Crippen molar-refractivity contribution in [1.82, 2.24) is 16.0 Å². The van der Waals surface area contributed by atoms with Crippen molar-refractivity contribution < 1.29 is 187 Å². The minimum absolute atomic E-state index is 0. The van der Waals surface area contributed by atoms with Crippen LogP contribution in [-0.2, 0) is 76.1 Å². The average molecular weight is 1840 g/mol. The van der Waals surface area contributed by atoms with Crippen molar-refractivity contribution >= 4 is 29.7 Å². The number of aliphatic carboxylic acids is 1. The van der Waals surface area contributed by atoms with Gasteiger partial charge >= 0.3 is 35.5 Å². The van der Waals surface area contributed by atoms with Gasteiger partial charge in [0.25, 0.3) is 0 Å². The van der Waals surface area contributed by atoms with E-state index >= 15 is 0 Å². The third-order valence-electron chi connectivity index (χ3n) is 24.8. The van der Waals surface area contributed by atoms with Gasteiger partial charge in [-0.2, -0.15) is 0 Å². The molecule has 5 aliphatic rings. The van der Waals surface area contributed by atoms with Gasteiger partial charge in [-0.1, -0.05) is 271 Å². The predicted molar refractivity (Wildman–Crippen MR) is 459 cm³/mol. The maximum atomic E-state index is 14.2. The fraction of sp³-hybridized carbons (Fsp3) is 0.923. The van der Waals surface area contributed by atoms with Gasteiger partial charge in [0.1, 0.15) is 128 Å². The first-order valence-electron chi connectivity index (χ1n) is 48.0. The zero-order chi connectivity index (χ0) is 92.4. The first-order chi connectivity index (χ1) is 60.7. The number of rotatable bonds is 69. The number of amides is 3. The largest absolute Gasteiger partial charge is 1.00 e. The second kappa shape index (κ2) is 66.5. The molecule has 18 N–H and O–H groups in total. The molecule has 5 saturated heterocycles. The van der Waals surface area contributed by atoms with E-state index in [2.05, 4.69) is 36.7 Å². The van der Waals surface area contributed by atoms with Crippen molar-refractivity contribution in [2.24, 2.45) is 0 Å². The first kappa shape index (κ1) is 116. The summed E-state index contributed by atoms with van der Waals surface area (Å²) in [6.07, 6.45) is 2.79. The van der Waals surface area contributed by atoms with Gasteiger partial charge in [0.05, 0.1) is 57.8 Å². The zero-order valence-corrected chi connectivity index (χ0v) is 79.0. The van der Waals surface area contributed by atoms with E-state index in [-0.39, 0.29) is 48.3 Å². The summed E-state index contributed by atoms with van der Waals surface area (Å²) in [6, 6.07) is -4.60. The summed E-state index contributed by atoms with van der Waals surface area (Å²) < 4.78 is 65.7. The van der Waals surface area contributed by atoms with E-state index in [1.54, 1.807) is 6.08 Å². The molecule has 0 spiro atoms. The van der Waals surface area contributed by atoms with Crippen molar-refractivity contribution in [3.05, 3.63) is 12.2 Å². The SMILES string of the molecule is CCCCCCCCCCCCC/C=C/C(OC(=O)CCCCCCCCCCCCCCCCC)C(CO[C@@H]1O[C@H](CO)[C@@H](O[C@@H]2O[C@H](CO)[C@H](O[C@@H]3O[C@H](CO)[C@H](O[C@@H]4O[C@H](CO)[C@H](O)[C@H](O[C@@]5(C(=O)[O-])C[C@@H](O)[C@H](NC(C)=O)C([C@@H](O)[C@H](O)CO)O5)[C@H]4O)[C@H](O)[C@H]3NC(C)=O)[C@H](O)[C@H]2O)[C@H](O)[C@H]1O)NC(=O)CCCCCCCCCCCCCCCCC.[Na+]. The Balaban J connectivity index is 0.0000338. The summed E-state index contributed by atoms with van der Waals surface area (Å²) in [7, 11) is 0. The van der Waals surface area contributed by atoms with E-state index in [9.17, 15) is 106 Å². The van der Waals surface area contributed by atoms with Crippen LogP contribution in [0.15, 0.2) is 12.2 Å². The number of aliphatic hydroxyl groups excluding tert-OH is 15. The standard InChI is InChI=1S/C91H165N3O32.Na/c1-6-9-12-15-18-21-24-27-29-32-35-38-41-44-47-50-69(104)94-61(64(49-46-43-40-37-34-31-26-23-20-17-14-11-8-3)117-70(105)51-48-45-42-39-36-33-30-28-25-22-19-16-13-10-7-2)58-116-87-78(111)76(109)83(67(56-98)120-87)124-88-79(112)77(110)82(68(57-99)121-88)122-86-72(93-60(5)101)75(108)81(66(55-97)119-86)123-89-80(113)85(74(107)65(54-96)118-89)126-91(90(114)115)52-62(102)71(92-59(4)100)84(125-91)73(106)63(103)53-95;/h46,49,61-68,71-89,95-99,102-103,106-113H,6-45,47-48,50-58H2,1-5H3,(H,92,100)(H,93,101)(H,94,104)(H,114,115);/q;+1/p-1/b49-46+;/t61?,62-,63-,64?,65-,66-,67-,68-,71+,72-,73+,74+,75-,76-,77-,78-,79-,80-,81+,82+,83-,84?,85+,86+,87-,88+,89+,91-;/m1./s1. The number of hydrogen-bond donors (Lipinski definition) is 18. The van der Waals surface area contributed by atoms with Crippen molar-refractivity contribution in [2.45, 2.75) is 495 Å². The van der Waals surface area contributed by atoms with Crippen molar-refractivity contribution in [1.29, 1.82) is 0 Å². The molecule has 0 saturated carbocycles. The summed E-state index contributed by atoms with van der Waals surface area (Å²) >= 11 is 0. The minimum atomic E-state index is -3.31. The fourth-order valence-electron chi connectivity index (χ4n) is 17.3. The maximum absolute atomic E-state index is 14.2. The van der Waals surface area contributed by atoms with Gasteiger partial charge in [-0.25, -0.2) is 0 Å². The Morgan fingerprint density at radius 2 is 0.811 bits per heavy atom. The molecule has 36 heteroatoms. The zero-order valence-electron chi connectivity index (χ0n) is 77.0. The molecule has 0 bridgehead atoms. The molecule has 0 aromatic heterocycles. The van der Waals surface area contributed by atoms with Crippen LogP contribution in [0.5, 0.6) is 0 Å². The molecule has 127 heavy (non-hydrogen) atoms. The van der Waals surface area contributed by atoms with Crippen LogP contribution in [0.3, 0.4) is 0 Å². The number of ether oxygens (including phenoxy) is 11. The Morgan fingerprint density at radius 1 is 0.441 bits per heavy atom. The molecule has 3 amide bonds.